The molecule has 7 heteroatoms. The number of carbonyl (C=O) groups is 2. The number of hydrogen-bond donors (Lipinski definition) is 3. The van der Waals surface area contributed by atoms with E-state index in [1.54, 1.807) is 54.7 Å². The standard InChI is InChI=1S/C20H17ClN4O2/c1-13(26)23-15-5-7-16(8-6-15)24-18-9-10-22-19(12-18)20(27)25-17-4-2-3-14(21)11-17/h2-12H,1H3,(H,22,24)(H,23,26)(H,25,27). The van der Waals surface area contributed by atoms with Crippen LogP contribution in [0.3, 0.4) is 0 Å². The molecule has 0 bridgehead atoms. The SMILES string of the molecule is CC(=O)Nc1ccc(Nc2ccnc(C(=O)Nc3cccc(Cl)c3)c2)cc1. The second-order valence-electron chi connectivity index (χ2n) is 5.78. The van der Waals surface area contributed by atoms with Gasteiger partial charge in [0.05, 0.1) is 0 Å². The number of nitrogens with zero attached hydrogens (tertiary/aromatic N) is 1. The zero-order valence-corrected chi connectivity index (χ0v) is 15.2. The van der Waals surface area contributed by atoms with Crippen LogP contribution in [0.25, 0.3) is 0 Å². The van der Waals surface area contributed by atoms with E-state index in [1.807, 2.05) is 12.1 Å². The molecule has 1 heterocycles. The summed E-state index contributed by atoms with van der Waals surface area (Å²) in [7, 11) is 0. The van der Waals surface area contributed by atoms with Crippen molar-refractivity contribution in [2.24, 2.45) is 0 Å². The molecule has 1 aromatic heterocycles. The molecule has 3 rings (SSSR count). The van der Waals surface area contributed by atoms with E-state index >= 15 is 0 Å². The Morgan fingerprint density at radius 2 is 1.59 bits per heavy atom. The highest BCUT2D eigenvalue weighted by atomic mass is 35.5. The largest absolute Gasteiger partial charge is 0.355 e. The van der Waals surface area contributed by atoms with E-state index in [9.17, 15) is 9.59 Å². The summed E-state index contributed by atoms with van der Waals surface area (Å²) in [6.45, 7) is 1.46. The summed E-state index contributed by atoms with van der Waals surface area (Å²) in [6.07, 6.45) is 1.56. The smallest absolute Gasteiger partial charge is 0.274 e. The van der Waals surface area contributed by atoms with Crippen molar-refractivity contribution in [2.75, 3.05) is 16.0 Å². The number of nitrogens with one attached hydrogen (secondary N) is 3. The Bertz CT molecular complexity index is 974. The molecule has 0 unspecified atom stereocenters. The Morgan fingerprint density at radius 3 is 2.30 bits per heavy atom. The molecule has 0 aliphatic carbocycles. The van der Waals surface area contributed by atoms with Gasteiger partial charge in [-0.15, -0.1) is 0 Å². The monoisotopic (exact) mass is 380 g/mol. The molecule has 2 amide bonds. The van der Waals surface area contributed by atoms with E-state index in [1.165, 1.54) is 6.92 Å². The summed E-state index contributed by atoms with van der Waals surface area (Å²) in [4.78, 5) is 27.6. The van der Waals surface area contributed by atoms with Gasteiger partial charge in [0.15, 0.2) is 0 Å². The third-order valence-corrected chi connectivity index (χ3v) is 3.80. The van der Waals surface area contributed by atoms with Crippen molar-refractivity contribution in [3.63, 3.8) is 0 Å². The summed E-state index contributed by atoms with van der Waals surface area (Å²) < 4.78 is 0. The maximum atomic E-state index is 12.4. The fraction of sp³-hybridized carbons (Fsp3) is 0.0500. The van der Waals surface area contributed by atoms with Crippen LogP contribution in [0.4, 0.5) is 22.7 Å². The zero-order valence-electron chi connectivity index (χ0n) is 14.5. The lowest BCUT2D eigenvalue weighted by Crippen LogP contribution is -2.13. The third-order valence-electron chi connectivity index (χ3n) is 3.57. The number of aromatic nitrogens is 1. The quantitative estimate of drug-likeness (QED) is 0.599. The molecule has 3 N–H and O–H groups in total. The van der Waals surface area contributed by atoms with E-state index in [4.69, 9.17) is 11.6 Å². The van der Waals surface area contributed by atoms with Crippen LogP contribution in [0.5, 0.6) is 0 Å². The summed E-state index contributed by atoms with van der Waals surface area (Å²) in [5, 5.41) is 9.21. The van der Waals surface area contributed by atoms with Crippen LogP contribution in [0.15, 0.2) is 66.9 Å². The molecule has 0 fully saturated rings. The molecule has 0 saturated carbocycles. The van der Waals surface area contributed by atoms with Crippen molar-refractivity contribution >= 4 is 46.2 Å². The molecule has 0 aliphatic rings. The van der Waals surface area contributed by atoms with Crippen molar-refractivity contribution in [3.05, 3.63) is 77.6 Å². The lowest BCUT2D eigenvalue weighted by atomic mass is 10.2. The Labute approximate surface area is 161 Å². The lowest BCUT2D eigenvalue weighted by Gasteiger charge is -2.10. The van der Waals surface area contributed by atoms with Crippen LogP contribution >= 0.6 is 11.6 Å². The first-order chi connectivity index (χ1) is 13.0. The Balaban J connectivity index is 1.69. The highest BCUT2D eigenvalue weighted by Crippen LogP contribution is 2.20. The Kier molecular flexibility index (Phi) is 5.68. The Hall–Kier alpha value is -3.38. The van der Waals surface area contributed by atoms with Crippen LogP contribution < -0.4 is 16.0 Å². The van der Waals surface area contributed by atoms with E-state index in [2.05, 4.69) is 20.9 Å². The van der Waals surface area contributed by atoms with Crippen LogP contribution in [0.1, 0.15) is 17.4 Å². The van der Waals surface area contributed by atoms with Crippen molar-refractivity contribution < 1.29 is 9.59 Å². The number of amides is 2. The predicted molar refractivity (Wildman–Crippen MR) is 108 cm³/mol. The molecule has 0 aliphatic heterocycles. The predicted octanol–water partition coefficient (Wildman–Crippen LogP) is 4.69. The van der Waals surface area contributed by atoms with E-state index < -0.39 is 0 Å². The first-order valence-corrected chi connectivity index (χ1v) is 8.55. The number of benzene rings is 2. The minimum atomic E-state index is -0.332. The number of rotatable bonds is 5. The molecule has 0 spiro atoms. The summed E-state index contributed by atoms with van der Waals surface area (Å²) >= 11 is 5.93. The van der Waals surface area contributed by atoms with Gasteiger partial charge in [-0.1, -0.05) is 17.7 Å². The third kappa shape index (κ3) is 5.29. The topological polar surface area (TPSA) is 83.1 Å². The zero-order chi connectivity index (χ0) is 19.2. The summed E-state index contributed by atoms with van der Waals surface area (Å²) in [5.74, 6) is -0.456. The van der Waals surface area contributed by atoms with Crippen molar-refractivity contribution in [2.45, 2.75) is 6.92 Å². The first kappa shape index (κ1) is 18.4. The molecule has 0 atom stereocenters. The van der Waals surface area contributed by atoms with Crippen LogP contribution in [0, 0.1) is 0 Å². The highest BCUT2D eigenvalue weighted by molar-refractivity contribution is 6.30. The maximum absolute atomic E-state index is 12.4. The minimum Gasteiger partial charge on any atom is -0.355 e. The first-order valence-electron chi connectivity index (χ1n) is 8.17. The van der Waals surface area contributed by atoms with Crippen LogP contribution in [0.2, 0.25) is 5.02 Å². The van der Waals surface area contributed by atoms with Crippen molar-refractivity contribution in [3.8, 4) is 0 Å². The molecular weight excluding hydrogens is 364 g/mol. The molecule has 0 radical (unpaired) electrons. The van der Waals surface area contributed by atoms with Gasteiger partial charge in [-0.25, -0.2) is 0 Å². The summed E-state index contributed by atoms with van der Waals surface area (Å²) in [6, 6.07) is 17.6. The van der Waals surface area contributed by atoms with Gasteiger partial charge in [-0.3, -0.25) is 14.6 Å². The van der Waals surface area contributed by atoms with Gasteiger partial charge in [0, 0.05) is 40.9 Å². The van der Waals surface area contributed by atoms with Gasteiger partial charge in [-0.2, -0.15) is 0 Å². The number of anilines is 4. The number of pyridine rings is 1. The molecule has 3 aromatic rings. The van der Waals surface area contributed by atoms with Crippen molar-refractivity contribution in [1.82, 2.24) is 4.98 Å². The highest BCUT2D eigenvalue weighted by Gasteiger charge is 2.09. The second kappa shape index (κ2) is 8.33. The fourth-order valence-corrected chi connectivity index (χ4v) is 2.59. The molecule has 27 heavy (non-hydrogen) atoms. The normalized spacial score (nSPS) is 10.1. The number of carbonyl (C=O) groups excluding carboxylic acids is 2. The molecule has 0 saturated heterocycles. The molecule has 2 aromatic carbocycles. The summed E-state index contributed by atoms with van der Waals surface area (Å²) in [5.41, 5.74) is 3.12. The Morgan fingerprint density at radius 1 is 0.852 bits per heavy atom. The van der Waals surface area contributed by atoms with Gasteiger partial charge >= 0.3 is 0 Å². The van der Waals surface area contributed by atoms with E-state index in [-0.39, 0.29) is 17.5 Å². The van der Waals surface area contributed by atoms with Crippen LogP contribution in [-0.4, -0.2) is 16.8 Å². The molecular formula is C20H17ClN4O2. The van der Waals surface area contributed by atoms with Crippen LogP contribution in [-0.2, 0) is 4.79 Å². The van der Waals surface area contributed by atoms with Gasteiger partial charge in [0.1, 0.15) is 5.69 Å². The average molecular weight is 381 g/mol. The number of halogens is 1. The van der Waals surface area contributed by atoms with Gasteiger partial charge in [0.2, 0.25) is 5.91 Å². The van der Waals surface area contributed by atoms with Gasteiger partial charge < -0.3 is 16.0 Å². The van der Waals surface area contributed by atoms with E-state index in [0.717, 1.165) is 5.69 Å². The minimum absolute atomic E-state index is 0.125. The lowest BCUT2D eigenvalue weighted by molar-refractivity contribution is -0.114. The van der Waals surface area contributed by atoms with Gasteiger partial charge in [-0.05, 0) is 54.6 Å². The average Bonchev–Trinajstić information content (AvgIpc) is 2.63. The van der Waals surface area contributed by atoms with E-state index in [0.29, 0.717) is 22.1 Å². The number of hydrogen-bond acceptors (Lipinski definition) is 4. The fourth-order valence-electron chi connectivity index (χ4n) is 2.40. The van der Waals surface area contributed by atoms with Gasteiger partial charge in [0.25, 0.3) is 5.91 Å². The second-order valence-corrected chi connectivity index (χ2v) is 6.21. The van der Waals surface area contributed by atoms with Crippen molar-refractivity contribution in [1.29, 1.82) is 0 Å². The maximum Gasteiger partial charge on any atom is 0.274 e. The molecule has 6 nitrogen and oxygen atoms in total. The molecule has 136 valence electrons.